The molecule has 1 aliphatic rings. The van der Waals surface area contributed by atoms with E-state index >= 15 is 0 Å². The van der Waals surface area contributed by atoms with Gasteiger partial charge in [0, 0.05) is 25.6 Å². The monoisotopic (exact) mass is 279 g/mol. The molecule has 0 aromatic carbocycles. The number of hydrogen-bond donors (Lipinski definition) is 2. The van der Waals surface area contributed by atoms with E-state index in [2.05, 4.69) is 5.32 Å². The van der Waals surface area contributed by atoms with Crippen molar-refractivity contribution in [3.05, 3.63) is 0 Å². The number of rotatable bonds is 5. The minimum absolute atomic E-state index is 0.0911. The van der Waals surface area contributed by atoms with Crippen LogP contribution < -0.4 is 5.32 Å². The van der Waals surface area contributed by atoms with Crippen molar-refractivity contribution in [2.45, 2.75) is 25.1 Å². The summed E-state index contributed by atoms with van der Waals surface area (Å²) in [7, 11) is 0. The number of carboxylic acid groups (broad SMARTS) is 1. The lowest BCUT2D eigenvalue weighted by Crippen LogP contribution is -2.51. The van der Waals surface area contributed by atoms with Crippen LogP contribution in [0.4, 0.5) is 13.2 Å². The van der Waals surface area contributed by atoms with E-state index in [1.54, 1.807) is 4.90 Å². The molecule has 5 nitrogen and oxygen atoms in total. The third-order valence-corrected chi connectivity index (χ3v) is 2.96. The number of carboxylic acids is 1. The second-order valence-electron chi connectivity index (χ2n) is 4.74. The van der Waals surface area contributed by atoms with Gasteiger partial charge in [-0.15, -0.1) is 0 Å². The molecule has 1 saturated heterocycles. The minimum Gasteiger partial charge on any atom is -0.481 e. The molecule has 2 atom stereocenters. The normalized spacial score (nSPS) is 24.9. The van der Waals surface area contributed by atoms with E-state index in [4.69, 9.17) is 10.4 Å². The quantitative estimate of drug-likeness (QED) is 0.729. The fraction of sp³-hybridized carbons (Fsp3) is 0.818. The van der Waals surface area contributed by atoms with Crippen LogP contribution in [0, 0.1) is 17.2 Å². The summed E-state index contributed by atoms with van der Waals surface area (Å²) >= 11 is 0. The molecule has 108 valence electrons. The van der Waals surface area contributed by atoms with Crippen LogP contribution >= 0.6 is 0 Å². The third-order valence-electron chi connectivity index (χ3n) is 2.96. The van der Waals surface area contributed by atoms with Gasteiger partial charge in [0.05, 0.1) is 19.2 Å². The smallest absolute Gasteiger partial charge is 0.401 e. The Kier molecular flexibility index (Phi) is 5.57. The molecular weight excluding hydrogens is 263 g/mol. The van der Waals surface area contributed by atoms with Gasteiger partial charge in [-0.2, -0.15) is 18.4 Å². The minimum atomic E-state index is -4.29. The zero-order valence-corrected chi connectivity index (χ0v) is 10.3. The van der Waals surface area contributed by atoms with Crippen molar-refractivity contribution in [3.63, 3.8) is 0 Å². The van der Waals surface area contributed by atoms with Crippen LogP contribution in [0.15, 0.2) is 0 Å². The lowest BCUT2D eigenvalue weighted by Gasteiger charge is -2.36. The molecule has 0 aliphatic carbocycles. The van der Waals surface area contributed by atoms with Gasteiger partial charge in [0.25, 0.3) is 0 Å². The number of nitrogens with zero attached hydrogens (tertiary/aromatic N) is 2. The number of nitrogens with one attached hydrogen (secondary N) is 1. The van der Waals surface area contributed by atoms with Crippen molar-refractivity contribution in [2.24, 2.45) is 5.92 Å². The molecule has 1 aliphatic heterocycles. The fourth-order valence-electron chi connectivity index (χ4n) is 2.33. The maximum Gasteiger partial charge on any atom is 0.401 e. The highest BCUT2D eigenvalue weighted by Crippen LogP contribution is 2.21. The Morgan fingerprint density at radius 1 is 1.47 bits per heavy atom. The summed E-state index contributed by atoms with van der Waals surface area (Å²) in [5.41, 5.74) is 0. The summed E-state index contributed by atoms with van der Waals surface area (Å²) in [5, 5.41) is 19.8. The SMILES string of the molecule is N#CCN1CC(CC(=O)O)CC(NCC(F)(F)F)C1. The molecule has 1 fully saturated rings. The van der Waals surface area contributed by atoms with Crippen LogP contribution in [0.25, 0.3) is 0 Å². The van der Waals surface area contributed by atoms with Gasteiger partial charge < -0.3 is 10.4 Å². The fourth-order valence-corrected chi connectivity index (χ4v) is 2.33. The maximum atomic E-state index is 12.1. The third kappa shape index (κ3) is 6.40. The summed E-state index contributed by atoms with van der Waals surface area (Å²) in [6.07, 6.45) is -4.00. The van der Waals surface area contributed by atoms with Crippen molar-refractivity contribution in [1.29, 1.82) is 5.26 Å². The molecule has 1 heterocycles. The van der Waals surface area contributed by atoms with Crippen molar-refractivity contribution in [1.82, 2.24) is 10.2 Å². The molecule has 0 aromatic heterocycles. The van der Waals surface area contributed by atoms with Gasteiger partial charge in [-0.05, 0) is 12.3 Å². The maximum absolute atomic E-state index is 12.1. The highest BCUT2D eigenvalue weighted by Gasteiger charge is 2.32. The number of piperidine rings is 1. The molecule has 0 saturated carbocycles. The van der Waals surface area contributed by atoms with Gasteiger partial charge >= 0.3 is 12.1 Å². The first kappa shape index (κ1) is 15.7. The zero-order chi connectivity index (χ0) is 14.5. The molecule has 8 heteroatoms. The Labute approximate surface area is 109 Å². The number of likely N-dealkylation sites (tertiary alicyclic amines) is 1. The Morgan fingerprint density at radius 2 is 2.16 bits per heavy atom. The van der Waals surface area contributed by atoms with E-state index in [0.717, 1.165) is 0 Å². The number of halogens is 3. The first-order valence-electron chi connectivity index (χ1n) is 5.91. The van der Waals surface area contributed by atoms with Crippen molar-refractivity contribution in [3.8, 4) is 6.07 Å². The number of carbonyl (C=O) groups is 1. The Hall–Kier alpha value is -1.33. The van der Waals surface area contributed by atoms with Crippen LogP contribution in [0.3, 0.4) is 0 Å². The Balaban J connectivity index is 2.54. The molecule has 0 radical (unpaired) electrons. The van der Waals surface area contributed by atoms with Crippen molar-refractivity contribution in [2.75, 3.05) is 26.2 Å². The van der Waals surface area contributed by atoms with E-state index in [1.807, 2.05) is 6.07 Å². The first-order valence-corrected chi connectivity index (χ1v) is 5.91. The molecule has 2 unspecified atom stereocenters. The van der Waals surface area contributed by atoms with E-state index < -0.39 is 24.7 Å². The summed E-state index contributed by atoms with van der Waals surface area (Å²) in [4.78, 5) is 12.4. The van der Waals surface area contributed by atoms with Gasteiger partial charge in [-0.3, -0.25) is 9.69 Å². The number of nitriles is 1. The molecule has 2 N–H and O–H groups in total. The molecule has 1 rings (SSSR count). The van der Waals surface area contributed by atoms with Gasteiger partial charge in [-0.1, -0.05) is 0 Å². The lowest BCUT2D eigenvalue weighted by molar-refractivity contribution is -0.139. The van der Waals surface area contributed by atoms with Crippen LogP contribution in [-0.4, -0.2) is 54.4 Å². The first-order chi connectivity index (χ1) is 8.80. The van der Waals surface area contributed by atoms with Gasteiger partial charge in [0.15, 0.2) is 0 Å². The molecule has 19 heavy (non-hydrogen) atoms. The van der Waals surface area contributed by atoms with Crippen LogP contribution in [0.2, 0.25) is 0 Å². The lowest BCUT2D eigenvalue weighted by atomic mass is 9.91. The van der Waals surface area contributed by atoms with Crippen molar-refractivity contribution < 1.29 is 23.1 Å². The Bertz CT molecular complexity index is 354. The predicted molar refractivity (Wildman–Crippen MR) is 60.3 cm³/mol. The number of alkyl halides is 3. The molecular formula is C11H16F3N3O2. The average Bonchev–Trinajstić information content (AvgIpc) is 2.24. The van der Waals surface area contributed by atoms with E-state index in [1.165, 1.54) is 0 Å². The Morgan fingerprint density at radius 3 is 2.68 bits per heavy atom. The molecule has 0 bridgehead atoms. The zero-order valence-electron chi connectivity index (χ0n) is 10.3. The largest absolute Gasteiger partial charge is 0.481 e. The predicted octanol–water partition coefficient (Wildman–Crippen LogP) is 0.827. The summed E-state index contributed by atoms with van der Waals surface area (Å²) < 4.78 is 36.4. The van der Waals surface area contributed by atoms with Gasteiger partial charge in [0.2, 0.25) is 0 Å². The second-order valence-corrected chi connectivity index (χ2v) is 4.74. The van der Waals surface area contributed by atoms with Crippen molar-refractivity contribution >= 4 is 5.97 Å². The standard InChI is InChI=1S/C11H16F3N3O2/c12-11(13,14)7-16-9-3-8(4-10(18)19)5-17(6-9)2-1-15/h8-9,16H,2-7H2,(H,18,19). The van der Waals surface area contributed by atoms with Gasteiger partial charge in [-0.25, -0.2) is 0 Å². The van der Waals surface area contributed by atoms with E-state index in [0.29, 0.717) is 19.5 Å². The van der Waals surface area contributed by atoms with Crippen LogP contribution in [-0.2, 0) is 4.79 Å². The summed E-state index contributed by atoms with van der Waals surface area (Å²) in [6.45, 7) is -0.234. The van der Waals surface area contributed by atoms with Crippen LogP contribution in [0.5, 0.6) is 0 Å². The van der Waals surface area contributed by atoms with E-state index in [-0.39, 0.29) is 18.9 Å². The summed E-state index contributed by atoms with van der Waals surface area (Å²) in [6, 6.07) is 1.50. The number of hydrogen-bond acceptors (Lipinski definition) is 4. The molecule has 0 spiro atoms. The second kappa shape index (κ2) is 6.73. The molecule has 0 amide bonds. The topological polar surface area (TPSA) is 76.4 Å². The highest BCUT2D eigenvalue weighted by atomic mass is 19.4. The highest BCUT2D eigenvalue weighted by molar-refractivity contribution is 5.67. The average molecular weight is 279 g/mol. The number of aliphatic carboxylic acids is 1. The van der Waals surface area contributed by atoms with Gasteiger partial charge in [0.1, 0.15) is 0 Å². The molecule has 0 aromatic rings. The van der Waals surface area contributed by atoms with Crippen LogP contribution in [0.1, 0.15) is 12.8 Å². The summed E-state index contributed by atoms with van der Waals surface area (Å²) in [5.74, 6) is -1.20. The van der Waals surface area contributed by atoms with E-state index in [9.17, 15) is 18.0 Å².